The van der Waals surface area contributed by atoms with Crippen molar-refractivity contribution in [1.29, 1.82) is 0 Å². The smallest absolute Gasteiger partial charge is 0.0481 e. The maximum Gasteiger partial charge on any atom is 0.0481 e. The molecule has 0 aromatic heterocycles. The van der Waals surface area contributed by atoms with Crippen LogP contribution in [0.25, 0.3) is 0 Å². The van der Waals surface area contributed by atoms with Crippen LogP contribution in [0.15, 0.2) is 22.7 Å². The molecule has 3 heteroatoms. The number of methoxy groups -OCH3 is 1. The summed E-state index contributed by atoms with van der Waals surface area (Å²) >= 11 is 3.46. The third kappa shape index (κ3) is 4.22. The number of benzene rings is 1. The van der Waals surface area contributed by atoms with Crippen LogP contribution in [0.5, 0.6) is 0 Å². The molecule has 0 aliphatic heterocycles. The summed E-state index contributed by atoms with van der Waals surface area (Å²) in [4.78, 5) is 0. The van der Waals surface area contributed by atoms with Gasteiger partial charge in [-0.15, -0.1) is 0 Å². The van der Waals surface area contributed by atoms with Crippen LogP contribution in [0.1, 0.15) is 18.9 Å². The summed E-state index contributed by atoms with van der Waals surface area (Å²) in [6.45, 7) is 5.07. The van der Waals surface area contributed by atoms with Crippen molar-refractivity contribution in [2.24, 2.45) is 0 Å². The second kappa shape index (κ2) is 6.13. The van der Waals surface area contributed by atoms with Gasteiger partial charge in [0, 0.05) is 29.9 Å². The Hall–Kier alpha value is -0.540. The Morgan fingerprint density at radius 3 is 2.80 bits per heavy atom. The van der Waals surface area contributed by atoms with Crippen LogP contribution in [0.2, 0.25) is 0 Å². The number of halogens is 1. The lowest BCUT2D eigenvalue weighted by atomic mass is 10.1. The summed E-state index contributed by atoms with van der Waals surface area (Å²) in [7, 11) is 1.73. The SMILES string of the molecule is COCCC(C)Nc1ccc(Br)cc1C. The molecule has 1 rings (SSSR count). The van der Waals surface area contributed by atoms with Crippen molar-refractivity contribution in [3.05, 3.63) is 28.2 Å². The van der Waals surface area contributed by atoms with Crippen LogP contribution in [-0.4, -0.2) is 19.8 Å². The molecule has 1 unspecified atom stereocenters. The van der Waals surface area contributed by atoms with Gasteiger partial charge in [-0.05, 0) is 44.0 Å². The molecule has 0 radical (unpaired) electrons. The number of ether oxygens (including phenoxy) is 1. The van der Waals surface area contributed by atoms with Crippen molar-refractivity contribution in [3.63, 3.8) is 0 Å². The minimum Gasteiger partial charge on any atom is -0.385 e. The highest BCUT2D eigenvalue weighted by molar-refractivity contribution is 9.10. The van der Waals surface area contributed by atoms with E-state index in [0.717, 1.165) is 17.5 Å². The van der Waals surface area contributed by atoms with Gasteiger partial charge in [-0.2, -0.15) is 0 Å². The Labute approximate surface area is 100 Å². The van der Waals surface area contributed by atoms with E-state index in [1.54, 1.807) is 7.11 Å². The van der Waals surface area contributed by atoms with E-state index in [-0.39, 0.29) is 0 Å². The molecule has 0 bridgehead atoms. The predicted octanol–water partition coefficient (Wildman–Crippen LogP) is 3.59. The first-order valence-corrected chi connectivity index (χ1v) is 5.94. The van der Waals surface area contributed by atoms with E-state index in [4.69, 9.17) is 4.74 Å². The number of anilines is 1. The second-order valence-electron chi connectivity index (χ2n) is 3.79. The summed E-state index contributed by atoms with van der Waals surface area (Å²) in [5.41, 5.74) is 2.45. The van der Waals surface area contributed by atoms with Crippen molar-refractivity contribution < 1.29 is 4.74 Å². The number of hydrogen-bond acceptors (Lipinski definition) is 2. The lowest BCUT2D eigenvalue weighted by molar-refractivity contribution is 0.191. The molecule has 15 heavy (non-hydrogen) atoms. The van der Waals surface area contributed by atoms with E-state index in [2.05, 4.69) is 53.3 Å². The van der Waals surface area contributed by atoms with Crippen molar-refractivity contribution >= 4 is 21.6 Å². The summed E-state index contributed by atoms with van der Waals surface area (Å²) in [5.74, 6) is 0. The molecule has 0 heterocycles. The molecule has 0 saturated carbocycles. The van der Waals surface area contributed by atoms with Gasteiger partial charge in [0.15, 0.2) is 0 Å². The molecule has 1 N–H and O–H groups in total. The topological polar surface area (TPSA) is 21.3 Å². The largest absolute Gasteiger partial charge is 0.385 e. The van der Waals surface area contributed by atoms with Gasteiger partial charge in [-0.25, -0.2) is 0 Å². The fraction of sp³-hybridized carbons (Fsp3) is 0.500. The molecule has 0 fully saturated rings. The van der Waals surface area contributed by atoms with Crippen LogP contribution >= 0.6 is 15.9 Å². The standard InChI is InChI=1S/C12H18BrNO/c1-9-8-11(13)4-5-12(9)14-10(2)6-7-15-3/h4-5,8,10,14H,6-7H2,1-3H3. The maximum atomic E-state index is 5.05. The Morgan fingerprint density at radius 1 is 1.47 bits per heavy atom. The Kier molecular flexibility index (Phi) is 5.12. The molecule has 1 atom stereocenters. The molecule has 0 aliphatic rings. The zero-order chi connectivity index (χ0) is 11.3. The van der Waals surface area contributed by atoms with Crippen molar-refractivity contribution in [3.8, 4) is 0 Å². The third-order valence-corrected chi connectivity index (χ3v) is 2.84. The van der Waals surface area contributed by atoms with Crippen molar-refractivity contribution in [2.75, 3.05) is 19.0 Å². The van der Waals surface area contributed by atoms with E-state index in [1.165, 1.54) is 11.3 Å². The summed E-state index contributed by atoms with van der Waals surface area (Å²) in [6.07, 6.45) is 1.02. The Bertz CT molecular complexity index is 314. The van der Waals surface area contributed by atoms with E-state index in [9.17, 15) is 0 Å². The second-order valence-corrected chi connectivity index (χ2v) is 4.70. The van der Waals surface area contributed by atoms with Gasteiger partial charge in [0.25, 0.3) is 0 Å². The Balaban J connectivity index is 2.56. The van der Waals surface area contributed by atoms with E-state index >= 15 is 0 Å². The number of rotatable bonds is 5. The minimum atomic E-state index is 0.435. The quantitative estimate of drug-likeness (QED) is 0.884. The van der Waals surface area contributed by atoms with Gasteiger partial charge in [-0.1, -0.05) is 15.9 Å². The molecule has 84 valence electrons. The van der Waals surface area contributed by atoms with Crippen LogP contribution in [-0.2, 0) is 4.74 Å². The van der Waals surface area contributed by atoms with Gasteiger partial charge in [0.1, 0.15) is 0 Å². The average Bonchev–Trinajstić information content (AvgIpc) is 2.19. The number of hydrogen-bond donors (Lipinski definition) is 1. The first-order valence-electron chi connectivity index (χ1n) is 5.15. The minimum absolute atomic E-state index is 0.435. The van der Waals surface area contributed by atoms with Gasteiger partial charge in [0.05, 0.1) is 0 Å². The molecule has 1 aromatic carbocycles. The predicted molar refractivity (Wildman–Crippen MR) is 68.5 cm³/mol. The normalized spacial score (nSPS) is 12.5. The number of aryl methyl sites for hydroxylation is 1. The van der Waals surface area contributed by atoms with Crippen molar-refractivity contribution in [1.82, 2.24) is 0 Å². The molecule has 0 saturated heterocycles. The monoisotopic (exact) mass is 271 g/mol. The fourth-order valence-electron chi connectivity index (χ4n) is 1.42. The molecule has 2 nitrogen and oxygen atoms in total. The first kappa shape index (κ1) is 12.5. The van der Waals surface area contributed by atoms with Gasteiger partial charge < -0.3 is 10.1 Å². The third-order valence-electron chi connectivity index (χ3n) is 2.35. The van der Waals surface area contributed by atoms with E-state index in [0.29, 0.717) is 6.04 Å². The van der Waals surface area contributed by atoms with Crippen LogP contribution in [0.4, 0.5) is 5.69 Å². The lowest BCUT2D eigenvalue weighted by Gasteiger charge is -2.16. The van der Waals surface area contributed by atoms with Crippen LogP contribution in [0, 0.1) is 6.92 Å². The van der Waals surface area contributed by atoms with Gasteiger partial charge in [-0.3, -0.25) is 0 Å². The summed E-state index contributed by atoms with van der Waals surface area (Å²) < 4.78 is 6.17. The zero-order valence-electron chi connectivity index (χ0n) is 9.51. The van der Waals surface area contributed by atoms with Gasteiger partial charge >= 0.3 is 0 Å². The fourth-order valence-corrected chi connectivity index (χ4v) is 1.90. The molecule has 1 aromatic rings. The highest BCUT2D eigenvalue weighted by Crippen LogP contribution is 2.20. The van der Waals surface area contributed by atoms with Gasteiger partial charge in [0.2, 0.25) is 0 Å². The average molecular weight is 272 g/mol. The van der Waals surface area contributed by atoms with Crippen LogP contribution < -0.4 is 5.32 Å². The van der Waals surface area contributed by atoms with Crippen LogP contribution in [0.3, 0.4) is 0 Å². The first-order chi connectivity index (χ1) is 7.13. The zero-order valence-corrected chi connectivity index (χ0v) is 11.1. The number of nitrogens with one attached hydrogen (secondary N) is 1. The lowest BCUT2D eigenvalue weighted by Crippen LogP contribution is -2.17. The van der Waals surface area contributed by atoms with E-state index in [1.807, 2.05) is 0 Å². The highest BCUT2D eigenvalue weighted by Gasteiger charge is 2.04. The molecular weight excluding hydrogens is 254 g/mol. The molecule has 0 aliphatic carbocycles. The Morgan fingerprint density at radius 2 is 2.20 bits per heavy atom. The maximum absolute atomic E-state index is 5.05. The van der Waals surface area contributed by atoms with Crippen molar-refractivity contribution in [2.45, 2.75) is 26.3 Å². The van der Waals surface area contributed by atoms with E-state index < -0.39 is 0 Å². The highest BCUT2D eigenvalue weighted by atomic mass is 79.9. The summed E-state index contributed by atoms with van der Waals surface area (Å²) in [5, 5.41) is 3.47. The molecule has 0 amide bonds. The molecular formula is C12H18BrNO. The summed E-state index contributed by atoms with van der Waals surface area (Å²) in [6, 6.07) is 6.71. The molecule has 0 spiro atoms.